The molecule has 2 atom stereocenters. The van der Waals surface area contributed by atoms with Crippen LogP contribution in [0.3, 0.4) is 0 Å². The molecule has 0 aromatic heterocycles. The van der Waals surface area contributed by atoms with Gasteiger partial charge in [-0.15, -0.1) is 0 Å². The molecule has 0 radical (unpaired) electrons. The Morgan fingerprint density at radius 3 is 2.24 bits per heavy atom. The van der Waals surface area contributed by atoms with Crippen LogP contribution < -0.4 is 0 Å². The largest absolute Gasteiger partial charge is 0.0988 e. The van der Waals surface area contributed by atoms with Gasteiger partial charge in [0, 0.05) is 0 Å². The molecule has 0 heterocycles. The van der Waals surface area contributed by atoms with E-state index in [0.717, 1.165) is 6.42 Å². The molecule has 0 bridgehead atoms. The Labute approximate surface area is 108 Å². The smallest absolute Gasteiger partial charge is 0.00302 e. The second-order valence-electron chi connectivity index (χ2n) is 5.02. The zero-order valence-corrected chi connectivity index (χ0v) is 12.1. The van der Waals surface area contributed by atoms with Gasteiger partial charge in [0.15, 0.2) is 0 Å². The molecule has 0 N–H and O–H groups in total. The highest BCUT2D eigenvalue weighted by Gasteiger charge is 2.05. The van der Waals surface area contributed by atoms with Gasteiger partial charge in [0.1, 0.15) is 0 Å². The van der Waals surface area contributed by atoms with E-state index in [0.29, 0.717) is 17.8 Å². The maximum Gasteiger partial charge on any atom is -0.00302 e. The van der Waals surface area contributed by atoms with E-state index in [1.807, 2.05) is 6.08 Å². The van der Waals surface area contributed by atoms with E-state index in [1.54, 1.807) is 0 Å². The third-order valence-electron chi connectivity index (χ3n) is 2.85. The molecule has 0 fully saturated rings. The summed E-state index contributed by atoms with van der Waals surface area (Å²) in [5.74, 6) is 1.69. The summed E-state index contributed by atoms with van der Waals surface area (Å²) in [4.78, 5) is 0. The Morgan fingerprint density at radius 2 is 1.76 bits per heavy atom. The topological polar surface area (TPSA) is 0 Å². The first-order valence-corrected chi connectivity index (χ1v) is 6.67. The highest BCUT2D eigenvalue weighted by atomic mass is 14.1. The molecule has 0 aliphatic heterocycles. The number of hydrogen-bond acceptors (Lipinski definition) is 0. The summed E-state index contributed by atoms with van der Waals surface area (Å²) in [7, 11) is 0. The van der Waals surface area contributed by atoms with E-state index >= 15 is 0 Å². The first-order chi connectivity index (χ1) is 8.01. The highest BCUT2D eigenvalue weighted by Crippen LogP contribution is 2.16. The van der Waals surface area contributed by atoms with Crippen molar-refractivity contribution in [3.8, 4) is 0 Å². The van der Waals surface area contributed by atoms with Crippen molar-refractivity contribution >= 4 is 0 Å². The fraction of sp³-hybridized carbons (Fsp3) is 0.529. The van der Waals surface area contributed by atoms with Crippen molar-refractivity contribution in [2.75, 3.05) is 0 Å². The van der Waals surface area contributed by atoms with Crippen LogP contribution in [-0.2, 0) is 0 Å². The average Bonchev–Trinajstić information content (AvgIpc) is 2.28. The lowest BCUT2D eigenvalue weighted by atomic mass is 9.93. The second-order valence-corrected chi connectivity index (χ2v) is 5.02. The molecule has 0 aromatic carbocycles. The number of allylic oxidation sites excluding steroid dienone is 7. The predicted octanol–water partition coefficient (Wildman–Crippen LogP) is 5.55. The van der Waals surface area contributed by atoms with E-state index in [9.17, 15) is 0 Å². The molecule has 0 amide bonds. The lowest BCUT2D eigenvalue weighted by Crippen LogP contribution is -2.02. The third kappa shape index (κ3) is 7.79. The van der Waals surface area contributed by atoms with Crippen LogP contribution in [0.5, 0.6) is 0 Å². The highest BCUT2D eigenvalue weighted by molar-refractivity contribution is 5.17. The molecule has 0 heteroatoms. The van der Waals surface area contributed by atoms with Gasteiger partial charge in [0.2, 0.25) is 0 Å². The summed E-state index contributed by atoms with van der Waals surface area (Å²) in [6.45, 7) is 14.8. The molecule has 0 aliphatic carbocycles. The Kier molecular flexibility index (Phi) is 8.49. The Balaban J connectivity index is 4.54. The predicted molar refractivity (Wildman–Crippen MR) is 80.0 cm³/mol. The Hall–Kier alpha value is -1.04. The summed E-state index contributed by atoms with van der Waals surface area (Å²) in [6, 6.07) is 0. The van der Waals surface area contributed by atoms with Gasteiger partial charge in [-0.3, -0.25) is 0 Å². The SMILES string of the molecule is C=C/C(C)=C\C(C)/C=C\C(/C=C\CC)C(C)C. The zero-order chi connectivity index (χ0) is 13.3. The fourth-order valence-corrected chi connectivity index (χ4v) is 1.64. The van der Waals surface area contributed by atoms with Gasteiger partial charge in [-0.05, 0) is 31.1 Å². The van der Waals surface area contributed by atoms with Gasteiger partial charge in [-0.2, -0.15) is 0 Å². The molecule has 0 aromatic rings. The van der Waals surface area contributed by atoms with E-state index in [2.05, 4.69) is 71.6 Å². The molecule has 0 spiro atoms. The molecule has 0 saturated carbocycles. The van der Waals surface area contributed by atoms with E-state index in [4.69, 9.17) is 0 Å². The van der Waals surface area contributed by atoms with Crippen LogP contribution in [0.15, 0.2) is 48.6 Å². The molecule has 0 saturated heterocycles. The van der Waals surface area contributed by atoms with Crippen LogP contribution in [-0.4, -0.2) is 0 Å². The lowest BCUT2D eigenvalue weighted by molar-refractivity contribution is 0.547. The molecule has 0 rings (SSSR count). The van der Waals surface area contributed by atoms with Gasteiger partial charge >= 0.3 is 0 Å². The van der Waals surface area contributed by atoms with Crippen molar-refractivity contribution in [3.63, 3.8) is 0 Å². The molecule has 2 unspecified atom stereocenters. The van der Waals surface area contributed by atoms with Gasteiger partial charge in [0.05, 0.1) is 0 Å². The van der Waals surface area contributed by atoms with Crippen molar-refractivity contribution in [2.45, 2.75) is 41.0 Å². The van der Waals surface area contributed by atoms with Crippen molar-refractivity contribution in [1.82, 2.24) is 0 Å². The van der Waals surface area contributed by atoms with Crippen LogP contribution in [0.1, 0.15) is 41.0 Å². The molecular weight excluding hydrogens is 204 g/mol. The van der Waals surface area contributed by atoms with Crippen LogP contribution in [0.25, 0.3) is 0 Å². The first kappa shape index (κ1) is 16.0. The van der Waals surface area contributed by atoms with Crippen molar-refractivity contribution in [3.05, 3.63) is 48.6 Å². The van der Waals surface area contributed by atoms with Gasteiger partial charge in [-0.25, -0.2) is 0 Å². The average molecular weight is 232 g/mol. The molecular formula is C17H28. The maximum absolute atomic E-state index is 3.77. The molecule has 0 nitrogen and oxygen atoms in total. The summed E-state index contributed by atoms with van der Waals surface area (Å²) in [5, 5.41) is 0. The summed E-state index contributed by atoms with van der Waals surface area (Å²) >= 11 is 0. The van der Waals surface area contributed by atoms with Crippen LogP contribution >= 0.6 is 0 Å². The number of hydrogen-bond donors (Lipinski definition) is 0. The second kappa shape index (κ2) is 9.04. The summed E-state index contributed by atoms with van der Waals surface area (Å²) in [5.41, 5.74) is 1.24. The first-order valence-electron chi connectivity index (χ1n) is 6.67. The normalized spacial score (nSPS) is 16.9. The van der Waals surface area contributed by atoms with Gasteiger partial charge < -0.3 is 0 Å². The minimum Gasteiger partial charge on any atom is -0.0988 e. The minimum absolute atomic E-state index is 0.476. The standard InChI is InChI=1S/C17H28/c1-7-9-10-17(14(3)4)12-11-16(6)13-15(5)8-2/h8-14,16-17H,2,7H2,1,3-6H3/b10-9-,12-11-,15-13-. The van der Waals surface area contributed by atoms with Gasteiger partial charge in [-0.1, -0.05) is 76.3 Å². The monoisotopic (exact) mass is 232 g/mol. The van der Waals surface area contributed by atoms with Crippen molar-refractivity contribution in [1.29, 1.82) is 0 Å². The molecule has 96 valence electrons. The van der Waals surface area contributed by atoms with Gasteiger partial charge in [0.25, 0.3) is 0 Å². The van der Waals surface area contributed by atoms with E-state index < -0.39 is 0 Å². The van der Waals surface area contributed by atoms with Crippen LogP contribution in [0, 0.1) is 17.8 Å². The molecule has 0 aliphatic rings. The summed E-state index contributed by atoms with van der Waals surface area (Å²) < 4.78 is 0. The van der Waals surface area contributed by atoms with Crippen molar-refractivity contribution < 1.29 is 0 Å². The van der Waals surface area contributed by atoms with E-state index in [1.165, 1.54) is 5.57 Å². The third-order valence-corrected chi connectivity index (χ3v) is 2.85. The number of rotatable bonds is 7. The van der Waals surface area contributed by atoms with Crippen LogP contribution in [0.4, 0.5) is 0 Å². The maximum atomic E-state index is 3.77. The van der Waals surface area contributed by atoms with E-state index in [-0.39, 0.29) is 0 Å². The zero-order valence-electron chi connectivity index (χ0n) is 12.1. The Bertz CT molecular complexity index is 289. The van der Waals surface area contributed by atoms with Crippen LogP contribution in [0.2, 0.25) is 0 Å². The Morgan fingerprint density at radius 1 is 1.12 bits per heavy atom. The quantitative estimate of drug-likeness (QED) is 0.399. The lowest BCUT2D eigenvalue weighted by Gasteiger charge is -2.12. The molecule has 17 heavy (non-hydrogen) atoms. The summed E-state index contributed by atoms with van der Waals surface area (Å²) in [6.07, 6.45) is 14.4. The fourth-order valence-electron chi connectivity index (χ4n) is 1.64. The van der Waals surface area contributed by atoms with Crippen molar-refractivity contribution in [2.24, 2.45) is 17.8 Å². The minimum atomic E-state index is 0.476.